The minimum Gasteiger partial charge on any atom is -0.490 e. The molecule has 0 aliphatic rings. The normalized spacial score (nSPS) is 11.2. The minimum absolute atomic E-state index is 0.0884. The summed E-state index contributed by atoms with van der Waals surface area (Å²) in [5.74, 6) is 1.57. The van der Waals surface area contributed by atoms with Crippen LogP contribution in [0.4, 0.5) is 0 Å². The van der Waals surface area contributed by atoms with E-state index in [1.54, 1.807) is 0 Å². The van der Waals surface area contributed by atoms with Crippen molar-refractivity contribution in [3.8, 4) is 11.5 Å². The van der Waals surface area contributed by atoms with Gasteiger partial charge in [0.15, 0.2) is 11.5 Å². The summed E-state index contributed by atoms with van der Waals surface area (Å²) in [6.07, 6.45) is 0.983. The molecule has 0 amide bonds. The van der Waals surface area contributed by atoms with E-state index in [0.29, 0.717) is 13.2 Å². The lowest BCUT2D eigenvalue weighted by atomic mass is 10.1. The fourth-order valence-electron chi connectivity index (χ4n) is 1.52. The van der Waals surface area contributed by atoms with Gasteiger partial charge in [-0.3, -0.25) is 0 Å². The van der Waals surface area contributed by atoms with Crippen LogP contribution in [0.2, 0.25) is 0 Å². The standard InChI is InChI=1S/C17H27NO2/c1-6-11-19-15-9-7-8-10-16(15)20-13-14(2)12-18-17(3,4)5/h7-10,18H,2,6,11-13H2,1,3-5H3. The number of benzene rings is 1. The highest BCUT2D eigenvalue weighted by Crippen LogP contribution is 2.26. The third-order valence-electron chi connectivity index (χ3n) is 2.61. The average Bonchev–Trinajstić information content (AvgIpc) is 2.40. The van der Waals surface area contributed by atoms with Gasteiger partial charge < -0.3 is 14.8 Å². The first-order valence-electron chi connectivity index (χ1n) is 7.18. The van der Waals surface area contributed by atoms with Crippen molar-refractivity contribution >= 4 is 0 Å². The van der Waals surface area contributed by atoms with Gasteiger partial charge in [0.1, 0.15) is 6.61 Å². The van der Waals surface area contributed by atoms with Gasteiger partial charge in [-0.05, 0) is 44.9 Å². The maximum absolute atomic E-state index is 5.80. The Morgan fingerprint density at radius 2 is 1.75 bits per heavy atom. The third-order valence-corrected chi connectivity index (χ3v) is 2.61. The molecule has 0 aliphatic heterocycles. The van der Waals surface area contributed by atoms with Crippen LogP contribution in [0.15, 0.2) is 36.4 Å². The van der Waals surface area contributed by atoms with E-state index in [-0.39, 0.29) is 5.54 Å². The molecule has 0 bridgehead atoms. The molecule has 0 aliphatic carbocycles. The van der Waals surface area contributed by atoms with Gasteiger partial charge in [-0.25, -0.2) is 0 Å². The fraction of sp³-hybridized carbons (Fsp3) is 0.529. The first-order chi connectivity index (χ1) is 9.42. The molecule has 0 radical (unpaired) electrons. The maximum atomic E-state index is 5.80. The lowest BCUT2D eigenvalue weighted by Gasteiger charge is -2.21. The van der Waals surface area contributed by atoms with Gasteiger partial charge in [0.05, 0.1) is 6.61 Å². The Balaban J connectivity index is 2.46. The van der Waals surface area contributed by atoms with Crippen molar-refractivity contribution in [2.45, 2.75) is 39.7 Å². The van der Waals surface area contributed by atoms with E-state index < -0.39 is 0 Å². The second-order valence-corrected chi connectivity index (χ2v) is 5.94. The molecule has 0 heterocycles. The Kier molecular flexibility index (Phi) is 6.59. The molecule has 112 valence electrons. The third kappa shape index (κ3) is 6.62. The van der Waals surface area contributed by atoms with Crippen LogP contribution in [0, 0.1) is 0 Å². The Labute approximate surface area is 123 Å². The summed E-state index contributed by atoms with van der Waals surface area (Å²) in [5, 5.41) is 3.40. The van der Waals surface area contributed by atoms with Crippen molar-refractivity contribution in [3.05, 3.63) is 36.4 Å². The second kappa shape index (κ2) is 7.95. The van der Waals surface area contributed by atoms with E-state index >= 15 is 0 Å². The Hall–Kier alpha value is -1.48. The summed E-state index contributed by atoms with van der Waals surface area (Å²) in [6.45, 7) is 14.5. The summed E-state index contributed by atoms with van der Waals surface area (Å²) in [5.41, 5.74) is 1.11. The molecule has 0 saturated carbocycles. The summed E-state index contributed by atoms with van der Waals surface area (Å²) in [7, 11) is 0. The molecular weight excluding hydrogens is 250 g/mol. The Morgan fingerprint density at radius 3 is 2.30 bits per heavy atom. The maximum Gasteiger partial charge on any atom is 0.161 e. The molecule has 1 rings (SSSR count). The van der Waals surface area contributed by atoms with Gasteiger partial charge in [-0.15, -0.1) is 0 Å². The van der Waals surface area contributed by atoms with Crippen LogP contribution in [-0.4, -0.2) is 25.3 Å². The van der Waals surface area contributed by atoms with Crippen LogP contribution in [0.3, 0.4) is 0 Å². The van der Waals surface area contributed by atoms with Crippen LogP contribution >= 0.6 is 0 Å². The molecule has 3 heteroatoms. The largest absolute Gasteiger partial charge is 0.490 e. The molecule has 0 saturated heterocycles. The molecule has 0 unspecified atom stereocenters. The predicted octanol–water partition coefficient (Wildman–Crippen LogP) is 3.80. The van der Waals surface area contributed by atoms with Crippen molar-refractivity contribution in [1.29, 1.82) is 0 Å². The van der Waals surface area contributed by atoms with Crippen LogP contribution in [0.1, 0.15) is 34.1 Å². The van der Waals surface area contributed by atoms with E-state index in [1.165, 1.54) is 0 Å². The Morgan fingerprint density at radius 1 is 1.15 bits per heavy atom. The van der Waals surface area contributed by atoms with Crippen LogP contribution in [0.25, 0.3) is 0 Å². The van der Waals surface area contributed by atoms with Gasteiger partial charge in [0, 0.05) is 12.1 Å². The zero-order valence-electron chi connectivity index (χ0n) is 13.2. The van der Waals surface area contributed by atoms with Crippen molar-refractivity contribution in [2.75, 3.05) is 19.8 Å². The van der Waals surface area contributed by atoms with Gasteiger partial charge in [0.2, 0.25) is 0 Å². The van der Waals surface area contributed by atoms with E-state index in [4.69, 9.17) is 9.47 Å². The summed E-state index contributed by atoms with van der Waals surface area (Å²) in [6, 6.07) is 7.76. The molecule has 0 aromatic heterocycles. The molecule has 20 heavy (non-hydrogen) atoms. The number of rotatable bonds is 8. The lowest BCUT2D eigenvalue weighted by Crippen LogP contribution is -2.37. The van der Waals surface area contributed by atoms with Crippen LogP contribution in [-0.2, 0) is 0 Å². The monoisotopic (exact) mass is 277 g/mol. The van der Waals surface area contributed by atoms with Gasteiger partial charge in [-0.2, -0.15) is 0 Å². The first-order valence-corrected chi connectivity index (χ1v) is 7.18. The number of ether oxygens (including phenoxy) is 2. The van der Waals surface area contributed by atoms with Gasteiger partial charge in [-0.1, -0.05) is 25.6 Å². The molecule has 0 fully saturated rings. The highest BCUT2D eigenvalue weighted by Gasteiger charge is 2.09. The predicted molar refractivity (Wildman–Crippen MR) is 84.6 cm³/mol. The van der Waals surface area contributed by atoms with Crippen LogP contribution in [0.5, 0.6) is 11.5 Å². The minimum atomic E-state index is 0.0884. The molecule has 3 nitrogen and oxygen atoms in total. The molecule has 0 atom stereocenters. The average molecular weight is 277 g/mol. The highest BCUT2D eigenvalue weighted by molar-refractivity contribution is 5.39. The first kappa shape index (κ1) is 16.6. The lowest BCUT2D eigenvalue weighted by molar-refractivity contribution is 0.279. The zero-order chi connectivity index (χ0) is 15.0. The summed E-state index contributed by atoms with van der Waals surface area (Å²) in [4.78, 5) is 0. The van der Waals surface area contributed by atoms with Crippen molar-refractivity contribution in [2.24, 2.45) is 0 Å². The fourth-order valence-corrected chi connectivity index (χ4v) is 1.52. The van der Waals surface area contributed by atoms with Gasteiger partial charge >= 0.3 is 0 Å². The molecule has 0 spiro atoms. The smallest absolute Gasteiger partial charge is 0.161 e. The van der Waals surface area contributed by atoms with E-state index in [9.17, 15) is 0 Å². The molecule has 1 N–H and O–H groups in total. The van der Waals surface area contributed by atoms with Crippen molar-refractivity contribution in [1.82, 2.24) is 5.32 Å². The van der Waals surface area contributed by atoms with E-state index in [2.05, 4.69) is 39.6 Å². The Bertz CT molecular complexity index is 421. The number of hydrogen-bond donors (Lipinski definition) is 1. The molecular formula is C17H27NO2. The highest BCUT2D eigenvalue weighted by atomic mass is 16.5. The second-order valence-electron chi connectivity index (χ2n) is 5.94. The topological polar surface area (TPSA) is 30.5 Å². The SMILES string of the molecule is C=C(CNC(C)(C)C)COc1ccccc1OCCC. The number of nitrogens with one attached hydrogen (secondary N) is 1. The van der Waals surface area contributed by atoms with Crippen molar-refractivity contribution in [3.63, 3.8) is 0 Å². The molecule has 1 aromatic rings. The quantitative estimate of drug-likeness (QED) is 0.733. The van der Waals surface area contributed by atoms with E-state index in [1.807, 2.05) is 24.3 Å². The van der Waals surface area contributed by atoms with E-state index in [0.717, 1.165) is 30.0 Å². The number of para-hydroxylation sites is 2. The van der Waals surface area contributed by atoms with Gasteiger partial charge in [0.25, 0.3) is 0 Å². The number of hydrogen-bond acceptors (Lipinski definition) is 3. The summed E-state index contributed by atoms with van der Waals surface area (Å²) < 4.78 is 11.5. The summed E-state index contributed by atoms with van der Waals surface area (Å²) >= 11 is 0. The van der Waals surface area contributed by atoms with Crippen LogP contribution < -0.4 is 14.8 Å². The molecule has 1 aromatic carbocycles. The van der Waals surface area contributed by atoms with Crippen molar-refractivity contribution < 1.29 is 9.47 Å². The zero-order valence-corrected chi connectivity index (χ0v) is 13.2.